The van der Waals surface area contributed by atoms with Crippen LogP contribution < -0.4 is 0 Å². The molecule has 0 spiro atoms. The van der Waals surface area contributed by atoms with Gasteiger partial charge in [0.2, 0.25) is 5.91 Å². The second-order valence-electron chi connectivity index (χ2n) is 6.21. The molecule has 1 saturated heterocycles. The fraction of sp³-hybridized carbons (Fsp3) is 0.688. The van der Waals surface area contributed by atoms with Gasteiger partial charge in [0, 0.05) is 12.1 Å². The molecule has 2 fully saturated rings. The quantitative estimate of drug-likeness (QED) is 0.864. The zero-order valence-corrected chi connectivity index (χ0v) is 12.6. The fourth-order valence-corrected chi connectivity index (χ4v) is 3.12. The Labute approximate surface area is 125 Å². The molecule has 5 nitrogen and oxygen atoms in total. The molecule has 1 aliphatic heterocycles. The summed E-state index contributed by atoms with van der Waals surface area (Å²) in [5, 5.41) is 9.37. The summed E-state index contributed by atoms with van der Waals surface area (Å²) in [6.45, 7) is 3.96. The molecule has 0 radical (unpaired) electrons. The molecule has 1 aliphatic carbocycles. The summed E-state index contributed by atoms with van der Waals surface area (Å²) in [5.41, 5.74) is 0. The number of aliphatic hydroxyl groups excluding tert-OH is 1. The standard InChI is InChI=1S/C16H24N2O3/c1-12-4-7-15(21-12)9-18(13-5-6-13)16(20)10-17-8-2-3-14(17)11-19/h4,7,13-14,19H,2-3,5-6,8-11H2,1H3/t14-/m0/s1. The molecular formula is C16H24N2O3. The average Bonchev–Trinajstić information content (AvgIpc) is 3.07. The van der Waals surface area contributed by atoms with Crippen molar-refractivity contribution in [2.45, 2.75) is 51.2 Å². The third-order valence-corrected chi connectivity index (χ3v) is 4.48. The molecule has 21 heavy (non-hydrogen) atoms. The number of aryl methyl sites for hydroxylation is 1. The van der Waals surface area contributed by atoms with Crippen LogP contribution in [-0.4, -0.2) is 52.6 Å². The van der Waals surface area contributed by atoms with Crippen LogP contribution in [0.2, 0.25) is 0 Å². The number of nitrogens with zero attached hydrogens (tertiary/aromatic N) is 2. The highest BCUT2D eigenvalue weighted by Gasteiger charge is 2.35. The van der Waals surface area contributed by atoms with Gasteiger partial charge >= 0.3 is 0 Å². The first kappa shape index (κ1) is 14.6. The molecule has 0 bridgehead atoms. The lowest BCUT2D eigenvalue weighted by Crippen LogP contribution is -2.43. The topological polar surface area (TPSA) is 56.9 Å². The van der Waals surface area contributed by atoms with Crippen molar-refractivity contribution in [2.75, 3.05) is 19.7 Å². The number of likely N-dealkylation sites (tertiary alicyclic amines) is 1. The van der Waals surface area contributed by atoms with Crippen molar-refractivity contribution < 1.29 is 14.3 Å². The molecule has 1 N–H and O–H groups in total. The van der Waals surface area contributed by atoms with Gasteiger partial charge in [-0.2, -0.15) is 0 Å². The van der Waals surface area contributed by atoms with E-state index in [0.29, 0.717) is 19.1 Å². The Kier molecular flexibility index (Phi) is 4.31. The SMILES string of the molecule is Cc1ccc(CN(C(=O)CN2CCC[C@H]2CO)C2CC2)o1. The lowest BCUT2D eigenvalue weighted by Gasteiger charge is -2.27. The van der Waals surface area contributed by atoms with Crippen molar-refractivity contribution in [2.24, 2.45) is 0 Å². The van der Waals surface area contributed by atoms with Gasteiger partial charge in [0.1, 0.15) is 11.5 Å². The average molecular weight is 292 g/mol. The number of carbonyl (C=O) groups is 1. The Hall–Kier alpha value is -1.33. The van der Waals surface area contributed by atoms with E-state index in [2.05, 4.69) is 4.90 Å². The number of hydrogen-bond acceptors (Lipinski definition) is 4. The van der Waals surface area contributed by atoms with Gasteiger partial charge in [-0.05, 0) is 51.3 Å². The summed E-state index contributed by atoms with van der Waals surface area (Å²) < 4.78 is 5.61. The second-order valence-corrected chi connectivity index (χ2v) is 6.21. The summed E-state index contributed by atoms with van der Waals surface area (Å²) in [6, 6.07) is 4.41. The van der Waals surface area contributed by atoms with E-state index in [1.807, 2.05) is 24.0 Å². The van der Waals surface area contributed by atoms with Gasteiger partial charge in [0.15, 0.2) is 0 Å². The van der Waals surface area contributed by atoms with E-state index in [9.17, 15) is 9.90 Å². The maximum atomic E-state index is 12.6. The predicted molar refractivity (Wildman–Crippen MR) is 78.7 cm³/mol. The minimum Gasteiger partial charge on any atom is -0.464 e. The van der Waals surface area contributed by atoms with E-state index in [1.165, 1.54) is 0 Å². The molecule has 0 unspecified atom stereocenters. The van der Waals surface area contributed by atoms with E-state index >= 15 is 0 Å². The van der Waals surface area contributed by atoms with Crippen molar-refractivity contribution >= 4 is 5.91 Å². The van der Waals surface area contributed by atoms with Crippen LogP contribution in [0, 0.1) is 6.92 Å². The molecule has 3 rings (SSSR count). The summed E-state index contributed by atoms with van der Waals surface area (Å²) in [4.78, 5) is 16.7. The van der Waals surface area contributed by atoms with Crippen LogP contribution >= 0.6 is 0 Å². The number of hydrogen-bond donors (Lipinski definition) is 1. The van der Waals surface area contributed by atoms with Gasteiger partial charge in [-0.25, -0.2) is 0 Å². The van der Waals surface area contributed by atoms with Crippen LogP contribution in [0.1, 0.15) is 37.2 Å². The Morgan fingerprint density at radius 1 is 1.43 bits per heavy atom. The van der Waals surface area contributed by atoms with Gasteiger partial charge in [0.25, 0.3) is 0 Å². The molecule has 1 amide bonds. The maximum absolute atomic E-state index is 12.6. The fourth-order valence-electron chi connectivity index (χ4n) is 3.12. The molecule has 1 atom stereocenters. The van der Waals surface area contributed by atoms with Crippen molar-refractivity contribution in [1.82, 2.24) is 9.80 Å². The minimum atomic E-state index is 0.147. The molecule has 0 aromatic carbocycles. The third kappa shape index (κ3) is 3.47. The lowest BCUT2D eigenvalue weighted by molar-refractivity contribution is -0.134. The molecule has 1 saturated carbocycles. The maximum Gasteiger partial charge on any atom is 0.237 e. The smallest absolute Gasteiger partial charge is 0.237 e. The van der Waals surface area contributed by atoms with Crippen molar-refractivity contribution in [3.8, 4) is 0 Å². The Morgan fingerprint density at radius 3 is 2.86 bits per heavy atom. The Morgan fingerprint density at radius 2 is 2.24 bits per heavy atom. The van der Waals surface area contributed by atoms with Crippen LogP contribution in [0.25, 0.3) is 0 Å². The third-order valence-electron chi connectivity index (χ3n) is 4.48. The Balaban J connectivity index is 1.62. The lowest BCUT2D eigenvalue weighted by atomic mass is 10.2. The van der Waals surface area contributed by atoms with Crippen LogP contribution in [0.5, 0.6) is 0 Å². The zero-order chi connectivity index (χ0) is 14.8. The molecule has 116 valence electrons. The first-order chi connectivity index (χ1) is 10.2. The van der Waals surface area contributed by atoms with Crippen LogP contribution in [-0.2, 0) is 11.3 Å². The van der Waals surface area contributed by atoms with Crippen molar-refractivity contribution in [3.05, 3.63) is 23.7 Å². The molecule has 2 aliphatic rings. The highest BCUT2D eigenvalue weighted by Crippen LogP contribution is 2.29. The van der Waals surface area contributed by atoms with Gasteiger partial charge in [-0.1, -0.05) is 0 Å². The van der Waals surface area contributed by atoms with E-state index < -0.39 is 0 Å². The van der Waals surface area contributed by atoms with Crippen molar-refractivity contribution in [1.29, 1.82) is 0 Å². The highest BCUT2D eigenvalue weighted by atomic mass is 16.3. The number of aliphatic hydroxyl groups is 1. The van der Waals surface area contributed by atoms with Crippen LogP contribution in [0.4, 0.5) is 0 Å². The van der Waals surface area contributed by atoms with Gasteiger partial charge in [0.05, 0.1) is 19.7 Å². The summed E-state index contributed by atoms with van der Waals surface area (Å²) in [5.74, 6) is 1.90. The number of carbonyl (C=O) groups excluding carboxylic acids is 1. The zero-order valence-electron chi connectivity index (χ0n) is 12.6. The van der Waals surface area contributed by atoms with Gasteiger partial charge in [-0.3, -0.25) is 9.69 Å². The van der Waals surface area contributed by atoms with Crippen LogP contribution in [0.15, 0.2) is 16.5 Å². The largest absolute Gasteiger partial charge is 0.464 e. The minimum absolute atomic E-state index is 0.147. The van der Waals surface area contributed by atoms with E-state index in [1.54, 1.807) is 0 Å². The number of furan rings is 1. The summed E-state index contributed by atoms with van der Waals surface area (Å²) >= 11 is 0. The normalized spacial score (nSPS) is 22.7. The first-order valence-corrected chi connectivity index (χ1v) is 7.87. The number of rotatable bonds is 6. The summed E-state index contributed by atoms with van der Waals surface area (Å²) in [6.07, 6.45) is 4.24. The summed E-state index contributed by atoms with van der Waals surface area (Å²) in [7, 11) is 0. The molecule has 2 heterocycles. The molecule has 1 aromatic rings. The van der Waals surface area contributed by atoms with E-state index in [4.69, 9.17) is 4.42 Å². The number of amides is 1. The van der Waals surface area contributed by atoms with Crippen LogP contribution in [0.3, 0.4) is 0 Å². The molecule has 5 heteroatoms. The second kappa shape index (κ2) is 6.20. The molecule has 1 aromatic heterocycles. The molecular weight excluding hydrogens is 268 g/mol. The van der Waals surface area contributed by atoms with E-state index in [0.717, 1.165) is 43.7 Å². The highest BCUT2D eigenvalue weighted by molar-refractivity contribution is 5.79. The van der Waals surface area contributed by atoms with E-state index in [-0.39, 0.29) is 18.6 Å². The van der Waals surface area contributed by atoms with Gasteiger partial charge < -0.3 is 14.4 Å². The van der Waals surface area contributed by atoms with Crippen molar-refractivity contribution in [3.63, 3.8) is 0 Å². The predicted octanol–water partition coefficient (Wildman–Crippen LogP) is 1.54. The van der Waals surface area contributed by atoms with Gasteiger partial charge in [-0.15, -0.1) is 0 Å². The Bertz CT molecular complexity index is 495. The first-order valence-electron chi connectivity index (χ1n) is 7.87. The monoisotopic (exact) mass is 292 g/mol.